The molecule has 1 saturated heterocycles. The predicted octanol–water partition coefficient (Wildman–Crippen LogP) is 0.536. The van der Waals surface area contributed by atoms with Gasteiger partial charge in [0.05, 0.1) is 29.9 Å². The molecule has 2 heterocycles. The molecule has 0 aliphatic carbocycles. The van der Waals surface area contributed by atoms with Gasteiger partial charge in [-0.1, -0.05) is 18.5 Å². The van der Waals surface area contributed by atoms with Gasteiger partial charge < -0.3 is 26.0 Å². The van der Waals surface area contributed by atoms with Gasteiger partial charge in [0.2, 0.25) is 0 Å². The van der Waals surface area contributed by atoms with Gasteiger partial charge in [0.1, 0.15) is 5.82 Å². The van der Waals surface area contributed by atoms with E-state index in [4.69, 9.17) is 11.6 Å². The van der Waals surface area contributed by atoms with Gasteiger partial charge in [0.15, 0.2) is 0 Å². The van der Waals surface area contributed by atoms with Crippen molar-refractivity contribution < 1.29 is 5.11 Å². The normalized spacial score (nSPS) is 24.5. The maximum absolute atomic E-state index is 9.28. The number of aliphatic hydroxyl groups is 1. The summed E-state index contributed by atoms with van der Waals surface area (Å²) in [5.74, 6) is 0.943. The third-order valence-electron chi connectivity index (χ3n) is 4.00. The maximum atomic E-state index is 9.28. The number of likely N-dealkylation sites (N-methyl/N-ethyl adjacent to an activating group) is 1. The Hall–Kier alpha value is -0.910. The SMILES string of the molecule is CCC(CO)NC1=CC(N2CCC(NC)C2)=C(Cl)CN1. The number of rotatable bonds is 6. The molecule has 1 fully saturated rings. The number of aliphatic hydroxyl groups excluding tert-OH is 1. The van der Waals surface area contributed by atoms with Crippen molar-refractivity contribution in [1.29, 1.82) is 0 Å². The van der Waals surface area contributed by atoms with Crippen molar-refractivity contribution in [1.82, 2.24) is 20.9 Å². The fourth-order valence-corrected chi connectivity index (χ4v) is 2.84. The van der Waals surface area contributed by atoms with Gasteiger partial charge >= 0.3 is 0 Å². The molecule has 2 aliphatic rings. The van der Waals surface area contributed by atoms with E-state index in [0.717, 1.165) is 42.5 Å². The van der Waals surface area contributed by atoms with Gasteiger partial charge in [0, 0.05) is 25.2 Å². The number of likely N-dealkylation sites (tertiary alicyclic amines) is 1. The van der Waals surface area contributed by atoms with Crippen LogP contribution >= 0.6 is 11.6 Å². The van der Waals surface area contributed by atoms with Crippen molar-refractivity contribution in [2.45, 2.75) is 31.8 Å². The summed E-state index contributed by atoms with van der Waals surface area (Å²) < 4.78 is 0. The van der Waals surface area contributed by atoms with Crippen LogP contribution in [0.3, 0.4) is 0 Å². The van der Waals surface area contributed by atoms with Crippen molar-refractivity contribution in [2.24, 2.45) is 0 Å². The fourth-order valence-electron chi connectivity index (χ4n) is 2.60. The van der Waals surface area contributed by atoms with Gasteiger partial charge in [0.25, 0.3) is 0 Å². The molecule has 2 rings (SSSR count). The van der Waals surface area contributed by atoms with Crippen molar-refractivity contribution >= 4 is 11.6 Å². The fraction of sp³-hybridized carbons (Fsp3) is 0.714. The monoisotopic (exact) mass is 300 g/mol. The van der Waals surface area contributed by atoms with E-state index in [-0.39, 0.29) is 12.6 Å². The van der Waals surface area contributed by atoms with E-state index < -0.39 is 0 Å². The van der Waals surface area contributed by atoms with Crippen LogP contribution in [0.5, 0.6) is 0 Å². The number of nitrogens with one attached hydrogen (secondary N) is 3. The Kier molecular flexibility index (Phi) is 5.57. The molecule has 4 N–H and O–H groups in total. The Morgan fingerprint density at radius 2 is 2.40 bits per heavy atom. The zero-order chi connectivity index (χ0) is 14.5. The molecule has 0 aromatic rings. The Balaban J connectivity index is 2.05. The maximum Gasteiger partial charge on any atom is 0.101 e. The second-order valence-electron chi connectivity index (χ2n) is 5.35. The molecule has 2 aliphatic heterocycles. The smallest absolute Gasteiger partial charge is 0.101 e. The lowest BCUT2D eigenvalue weighted by Gasteiger charge is -2.28. The number of hydrogen-bond donors (Lipinski definition) is 4. The largest absolute Gasteiger partial charge is 0.394 e. The van der Waals surface area contributed by atoms with Gasteiger partial charge in [-0.05, 0) is 19.9 Å². The Bertz CT molecular complexity index is 393. The minimum atomic E-state index is 0.0792. The van der Waals surface area contributed by atoms with E-state index in [1.54, 1.807) is 0 Å². The summed E-state index contributed by atoms with van der Waals surface area (Å²) in [7, 11) is 2.00. The summed E-state index contributed by atoms with van der Waals surface area (Å²) >= 11 is 6.36. The highest BCUT2D eigenvalue weighted by Crippen LogP contribution is 2.24. The Morgan fingerprint density at radius 3 is 3.00 bits per heavy atom. The molecule has 0 amide bonds. The summed E-state index contributed by atoms with van der Waals surface area (Å²) in [4.78, 5) is 2.33. The molecular formula is C14H25ClN4O. The topological polar surface area (TPSA) is 59.6 Å². The lowest BCUT2D eigenvalue weighted by molar-refractivity contribution is 0.244. The van der Waals surface area contributed by atoms with E-state index >= 15 is 0 Å². The molecule has 0 aromatic carbocycles. The van der Waals surface area contributed by atoms with Crippen LogP contribution in [0.25, 0.3) is 0 Å². The molecule has 0 radical (unpaired) electrons. The standard InChI is InChI=1S/C14H25ClN4O/c1-3-10(9-20)18-14-6-13(12(15)7-17-14)19-5-4-11(8-19)16-2/h6,10-11,16-18,20H,3-5,7-9H2,1-2H3. The molecule has 0 bridgehead atoms. The minimum Gasteiger partial charge on any atom is -0.394 e. The van der Waals surface area contributed by atoms with Gasteiger partial charge in [-0.25, -0.2) is 0 Å². The predicted molar refractivity (Wildman–Crippen MR) is 82.3 cm³/mol. The van der Waals surface area contributed by atoms with E-state index in [9.17, 15) is 5.11 Å². The molecule has 5 nitrogen and oxygen atoms in total. The average molecular weight is 301 g/mol. The quantitative estimate of drug-likeness (QED) is 0.577. The van der Waals surface area contributed by atoms with Crippen molar-refractivity contribution in [3.8, 4) is 0 Å². The highest BCUT2D eigenvalue weighted by Gasteiger charge is 2.25. The van der Waals surface area contributed by atoms with Crippen molar-refractivity contribution in [2.75, 3.05) is 33.3 Å². The molecule has 114 valence electrons. The average Bonchev–Trinajstić information content (AvgIpc) is 2.95. The third-order valence-corrected chi connectivity index (χ3v) is 4.33. The van der Waals surface area contributed by atoms with Crippen molar-refractivity contribution in [3.05, 3.63) is 22.6 Å². The zero-order valence-electron chi connectivity index (χ0n) is 12.2. The highest BCUT2D eigenvalue weighted by atomic mass is 35.5. The molecule has 2 atom stereocenters. The summed E-state index contributed by atoms with van der Waals surface area (Å²) in [5, 5.41) is 20.0. The first kappa shape index (κ1) is 15.5. The lowest BCUT2D eigenvalue weighted by atomic mass is 10.2. The first-order valence-electron chi connectivity index (χ1n) is 7.31. The van der Waals surface area contributed by atoms with Crippen LogP contribution in [0, 0.1) is 0 Å². The lowest BCUT2D eigenvalue weighted by Crippen LogP contribution is -2.40. The number of allylic oxidation sites excluding steroid dienone is 1. The van der Waals surface area contributed by atoms with Crippen LogP contribution in [0.15, 0.2) is 22.6 Å². The Labute approximate surface area is 126 Å². The number of nitrogens with zero attached hydrogens (tertiary/aromatic N) is 1. The minimum absolute atomic E-state index is 0.0792. The second-order valence-corrected chi connectivity index (χ2v) is 5.81. The molecule has 20 heavy (non-hydrogen) atoms. The van der Waals surface area contributed by atoms with Crippen molar-refractivity contribution in [3.63, 3.8) is 0 Å². The third kappa shape index (κ3) is 3.59. The van der Waals surface area contributed by atoms with Crippen LogP contribution in [0.2, 0.25) is 0 Å². The Morgan fingerprint density at radius 1 is 1.60 bits per heavy atom. The number of dihydropyridines is 1. The van der Waals surface area contributed by atoms with Crippen LogP contribution in [0.4, 0.5) is 0 Å². The summed E-state index contributed by atoms with van der Waals surface area (Å²) in [5.41, 5.74) is 1.10. The van der Waals surface area contributed by atoms with E-state index in [2.05, 4.69) is 33.9 Å². The molecular weight excluding hydrogens is 276 g/mol. The summed E-state index contributed by atoms with van der Waals surface area (Å²) in [6.45, 7) is 4.84. The van der Waals surface area contributed by atoms with Crippen LogP contribution in [-0.4, -0.2) is 55.4 Å². The molecule has 0 spiro atoms. The van der Waals surface area contributed by atoms with E-state index in [1.807, 2.05) is 7.05 Å². The first-order valence-corrected chi connectivity index (χ1v) is 7.69. The molecule has 0 aromatic heterocycles. The van der Waals surface area contributed by atoms with Gasteiger partial charge in [-0.15, -0.1) is 0 Å². The molecule has 6 heteroatoms. The number of hydrogen-bond acceptors (Lipinski definition) is 5. The van der Waals surface area contributed by atoms with Crippen LogP contribution in [0.1, 0.15) is 19.8 Å². The van der Waals surface area contributed by atoms with E-state index in [0.29, 0.717) is 12.6 Å². The number of halogens is 1. The first-order chi connectivity index (χ1) is 9.67. The highest BCUT2D eigenvalue weighted by molar-refractivity contribution is 6.30. The second kappa shape index (κ2) is 7.20. The van der Waals surface area contributed by atoms with Gasteiger partial charge in [-0.2, -0.15) is 0 Å². The van der Waals surface area contributed by atoms with Gasteiger partial charge in [-0.3, -0.25) is 0 Å². The molecule has 0 saturated carbocycles. The van der Waals surface area contributed by atoms with Crippen LogP contribution in [-0.2, 0) is 0 Å². The zero-order valence-corrected chi connectivity index (χ0v) is 13.0. The van der Waals surface area contributed by atoms with Crippen LogP contribution < -0.4 is 16.0 Å². The summed E-state index contributed by atoms with van der Waals surface area (Å²) in [6, 6.07) is 0.614. The van der Waals surface area contributed by atoms with E-state index in [1.165, 1.54) is 0 Å². The molecule has 2 unspecified atom stereocenters. The summed E-state index contributed by atoms with van der Waals surface area (Å²) in [6.07, 6.45) is 4.08.